The third-order valence-corrected chi connectivity index (χ3v) is 4.70. The van der Waals surface area contributed by atoms with Gasteiger partial charge in [0.2, 0.25) is 0 Å². The van der Waals surface area contributed by atoms with Crippen molar-refractivity contribution < 1.29 is 19.7 Å². The molecule has 0 unspecified atom stereocenters. The van der Waals surface area contributed by atoms with Crippen molar-refractivity contribution >= 4 is 5.97 Å². The first-order valence-electron chi connectivity index (χ1n) is 7.94. The number of unbranched alkanes of at least 4 members (excludes halogenated alkanes) is 1. The maximum atomic E-state index is 11.9. The van der Waals surface area contributed by atoms with Crippen molar-refractivity contribution in [2.45, 2.75) is 74.1 Å². The van der Waals surface area contributed by atoms with Crippen LogP contribution in [0, 0.1) is 16.2 Å². The van der Waals surface area contributed by atoms with Gasteiger partial charge in [0.1, 0.15) is 0 Å². The highest BCUT2D eigenvalue weighted by molar-refractivity contribution is 5.69. The largest absolute Gasteiger partial charge is 0.466 e. The lowest BCUT2D eigenvalue weighted by molar-refractivity contribution is -0.287. The van der Waals surface area contributed by atoms with E-state index in [-0.39, 0.29) is 28.8 Å². The van der Waals surface area contributed by atoms with Gasteiger partial charge in [0, 0.05) is 11.8 Å². The zero-order chi connectivity index (χ0) is 16.7. The van der Waals surface area contributed by atoms with E-state index in [0.717, 1.165) is 12.8 Å². The summed E-state index contributed by atoms with van der Waals surface area (Å²) < 4.78 is 5.24. The molecule has 0 rings (SSSR count). The van der Waals surface area contributed by atoms with E-state index in [9.17, 15) is 4.79 Å². The lowest BCUT2D eigenvalue weighted by Gasteiger charge is -2.53. The van der Waals surface area contributed by atoms with Crippen molar-refractivity contribution in [3.05, 3.63) is 0 Å². The van der Waals surface area contributed by atoms with Crippen LogP contribution in [-0.4, -0.2) is 24.4 Å². The molecule has 0 atom stereocenters. The van der Waals surface area contributed by atoms with E-state index in [1.807, 2.05) is 0 Å². The molecule has 4 heteroatoms. The lowest BCUT2D eigenvalue weighted by atomic mass is 9.52. The number of rotatable bonds is 8. The van der Waals surface area contributed by atoms with Gasteiger partial charge < -0.3 is 4.74 Å². The van der Waals surface area contributed by atoms with Crippen LogP contribution in [0.3, 0.4) is 0 Å². The van der Waals surface area contributed by atoms with Gasteiger partial charge in [-0.05, 0) is 23.7 Å². The summed E-state index contributed by atoms with van der Waals surface area (Å²) in [7, 11) is 0. The molecule has 4 nitrogen and oxygen atoms in total. The highest BCUT2D eigenvalue weighted by Gasteiger charge is 2.50. The molecule has 0 saturated heterocycles. The molecule has 0 fully saturated rings. The Balaban J connectivity index is 4.96. The maximum Gasteiger partial charge on any atom is 0.305 e. The number of ether oxygens (including phenoxy) is 1. The second-order valence-corrected chi connectivity index (χ2v) is 7.93. The van der Waals surface area contributed by atoms with Gasteiger partial charge in [-0.1, -0.05) is 54.9 Å². The number of carbonyl (C=O) groups excluding carboxylic acids is 1. The molecule has 126 valence electrons. The summed E-state index contributed by atoms with van der Waals surface area (Å²) >= 11 is 0. The van der Waals surface area contributed by atoms with Crippen LogP contribution in [-0.2, 0) is 14.4 Å². The van der Waals surface area contributed by atoms with Crippen LogP contribution in [0.4, 0.5) is 0 Å². The minimum atomic E-state index is -0.321. The average Bonchev–Trinajstić information content (AvgIpc) is 2.31. The summed E-state index contributed by atoms with van der Waals surface area (Å²) in [5, 5.41) is 9.05. The molecule has 0 aromatic heterocycles. The van der Waals surface area contributed by atoms with Crippen LogP contribution < -0.4 is 0 Å². The predicted octanol–water partition coefficient (Wildman–Crippen LogP) is 4.68. The maximum absolute atomic E-state index is 11.9. The van der Waals surface area contributed by atoms with E-state index in [2.05, 4.69) is 53.4 Å². The summed E-state index contributed by atoms with van der Waals surface area (Å²) in [6, 6.07) is 0. The van der Waals surface area contributed by atoms with Gasteiger partial charge in [0.05, 0.1) is 13.2 Å². The fourth-order valence-corrected chi connectivity index (χ4v) is 3.21. The van der Waals surface area contributed by atoms with E-state index in [4.69, 9.17) is 9.99 Å². The summed E-state index contributed by atoms with van der Waals surface area (Å²) in [5.74, 6) is -0.167. The second kappa shape index (κ2) is 8.14. The van der Waals surface area contributed by atoms with Crippen LogP contribution in [0.25, 0.3) is 0 Å². The summed E-state index contributed by atoms with van der Waals surface area (Å²) in [4.78, 5) is 16.4. The Kier molecular flexibility index (Phi) is 7.90. The van der Waals surface area contributed by atoms with Crippen molar-refractivity contribution in [2.24, 2.45) is 16.2 Å². The molecule has 0 bridgehead atoms. The molecule has 0 spiro atoms. The molecule has 0 radical (unpaired) electrons. The SMILES string of the molecule is CCCCOC(=O)CCC(COO)(C(C)(C)C)C(C)(C)C. The standard InChI is InChI=1S/C17H34O4/c1-8-9-12-20-14(18)10-11-17(13-21-19,15(2,3)4)16(5,6)7/h19H,8-13H2,1-7H3. The topological polar surface area (TPSA) is 55.8 Å². The van der Waals surface area contributed by atoms with Gasteiger partial charge >= 0.3 is 5.97 Å². The molecule has 0 heterocycles. The molecule has 0 aromatic rings. The van der Waals surface area contributed by atoms with Gasteiger partial charge in [-0.3, -0.25) is 10.1 Å². The number of esters is 1. The van der Waals surface area contributed by atoms with Crippen molar-refractivity contribution in [2.75, 3.05) is 13.2 Å². The summed E-state index contributed by atoms with van der Waals surface area (Å²) in [6.45, 7) is 15.5. The van der Waals surface area contributed by atoms with E-state index in [1.54, 1.807) is 0 Å². The first kappa shape index (κ1) is 20.4. The Labute approximate surface area is 130 Å². The monoisotopic (exact) mass is 302 g/mol. The number of hydrogen-bond donors (Lipinski definition) is 1. The Bertz CT molecular complexity index is 296. The zero-order valence-electron chi connectivity index (χ0n) is 14.9. The van der Waals surface area contributed by atoms with Gasteiger partial charge in [0.25, 0.3) is 0 Å². The quantitative estimate of drug-likeness (QED) is 0.306. The fraction of sp³-hybridized carbons (Fsp3) is 0.941. The van der Waals surface area contributed by atoms with Gasteiger partial charge in [-0.25, -0.2) is 4.89 Å². The van der Waals surface area contributed by atoms with Crippen molar-refractivity contribution in [3.63, 3.8) is 0 Å². The van der Waals surface area contributed by atoms with Crippen LogP contribution in [0.15, 0.2) is 0 Å². The molecule has 1 N–H and O–H groups in total. The Morgan fingerprint density at radius 2 is 1.57 bits per heavy atom. The van der Waals surface area contributed by atoms with Crippen molar-refractivity contribution in [1.29, 1.82) is 0 Å². The Morgan fingerprint density at radius 1 is 1.05 bits per heavy atom. The highest BCUT2D eigenvalue weighted by Crippen LogP contribution is 2.54. The third kappa shape index (κ3) is 5.59. The van der Waals surface area contributed by atoms with Gasteiger partial charge in [-0.15, -0.1) is 0 Å². The first-order valence-corrected chi connectivity index (χ1v) is 7.94. The zero-order valence-corrected chi connectivity index (χ0v) is 14.9. The van der Waals surface area contributed by atoms with Crippen LogP contribution >= 0.6 is 0 Å². The molecular weight excluding hydrogens is 268 g/mol. The summed E-state index contributed by atoms with van der Waals surface area (Å²) in [6.07, 6.45) is 2.89. The number of hydrogen-bond acceptors (Lipinski definition) is 4. The van der Waals surface area contributed by atoms with Gasteiger partial charge in [-0.2, -0.15) is 0 Å². The molecule has 0 aromatic carbocycles. The Morgan fingerprint density at radius 3 is 1.95 bits per heavy atom. The number of carbonyl (C=O) groups is 1. The van der Waals surface area contributed by atoms with Crippen LogP contribution in [0.5, 0.6) is 0 Å². The smallest absolute Gasteiger partial charge is 0.305 e. The minimum absolute atomic E-state index is 0.113. The predicted molar refractivity (Wildman–Crippen MR) is 85.0 cm³/mol. The van der Waals surface area contributed by atoms with E-state index in [0.29, 0.717) is 19.4 Å². The molecular formula is C17H34O4. The average molecular weight is 302 g/mol. The molecule has 0 aliphatic rings. The van der Waals surface area contributed by atoms with Crippen LogP contribution in [0.1, 0.15) is 74.1 Å². The van der Waals surface area contributed by atoms with E-state index in [1.165, 1.54) is 0 Å². The normalized spacial score (nSPS) is 13.3. The van der Waals surface area contributed by atoms with Crippen LogP contribution in [0.2, 0.25) is 0 Å². The Hall–Kier alpha value is -0.610. The molecule has 0 saturated carbocycles. The third-order valence-electron chi connectivity index (χ3n) is 4.70. The lowest BCUT2D eigenvalue weighted by Crippen LogP contribution is -2.50. The minimum Gasteiger partial charge on any atom is -0.466 e. The molecule has 0 aliphatic carbocycles. The van der Waals surface area contributed by atoms with Crippen molar-refractivity contribution in [3.8, 4) is 0 Å². The summed E-state index contributed by atoms with van der Waals surface area (Å²) in [5.41, 5.74) is -0.548. The van der Waals surface area contributed by atoms with Gasteiger partial charge in [0.15, 0.2) is 0 Å². The second-order valence-electron chi connectivity index (χ2n) is 7.93. The molecule has 0 aliphatic heterocycles. The van der Waals surface area contributed by atoms with E-state index >= 15 is 0 Å². The van der Waals surface area contributed by atoms with Crippen molar-refractivity contribution in [1.82, 2.24) is 0 Å². The fourth-order valence-electron chi connectivity index (χ4n) is 3.21. The molecule has 0 amide bonds. The molecule has 21 heavy (non-hydrogen) atoms. The first-order chi connectivity index (χ1) is 9.52. The highest BCUT2D eigenvalue weighted by atomic mass is 17.1. The van der Waals surface area contributed by atoms with E-state index < -0.39 is 0 Å².